The van der Waals surface area contributed by atoms with E-state index in [0.29, 0.717) is 17.9 Å². The van der Waals surface area contributed by atoms with Gasteiger partial charge in [-0.05, 0) is 43.0 Å². The van der Waals surface area contributed by atoms with Gasteiger partial charge >= 0.3 is 6.03 Å². The third-order valence-corrected chi connectivity index (χ3v) is 5.35. The van der Waals surface area contributed by atoms with Crippen LogP contribution in [0, 0.1) is 0 Å². The molecule has 2 aliphatic rings. The van der Waals surface area contributed by atoms with E-state index in [2.05, 4.69) is 5.10 Å². The summed E-state index contributed by atoms with van der Waals surface area (Å²) in [7, 11) is 0. The Labute approximate surface area is 149 Å². The number of para-hydroxylation sites is 2. The van der Waals surface area contributed by atoms with E-state index in [-0.39, 0.29) is 11.9 Å². The first-order chi connectivity index (χ1) is 12.2. The maximum Gasteiger partial charge on any atom is 0.339 e. The van der Waals surface area contributed by atoms with Crippen molar-refractivity contribution in [3.05, 3.63) is 60.7 Å². The van der Waals surface area contributed by atoms with Crippen molar-refractivity contribution in [1.82, 2.24) is 5.01 Å². The third-order valence-electron chi connectivity index (χ3n) is 4.25. The van der Waals surface area contributed by atoms with Gasteiger partial charge in [0, 0.05) is 12.2 Å². The van der Waals surface area contributed by atoms with Crippen molar-refractivity contribution in [2.45, 2.75) is 11.9 Å². The fraction of sp³-hybridized carbons (Fsp3) is 0.167. The molecule has 1 fully saturated rings. The lowest BCUT2D eigenvalue weighted by molar-refractivity contribution is -0.122. The number of hydrazone groups is 1. The summed E-state index contributed by atoms with van der Waals surface area (Å²) in [5, 5.41) is 5.97. The smallest absolute Gasteiger partial charge is 0.268 e. The molecule has 7 heteroatoms. The molecule has 3 amide bonds. The van der Waals surface area contributed by atoms with E-state index in [1.54, 1.807) is 22.7 Å². The van der Waals surface area contributed by atoms with Crippen molar-refractivity contribution >= 4 is 40.6 Å². The standard InChI is InChI=1S/C18H16N4O2S/c1-2-20-18(25-13-19-20)16(23)21(14-9-5-3-6-10-14)17(24)22(18)15-11-7-4-8-12-15/h3-13H,2H2,1H3/t18-/m0/s1. The van der Waals surface area contributed by atoms with Crippen LogP contribution in [0.25, 0.3) is 0 Å². The molecule has 0 radical (unpaired) electrons. The van der Waals surface area contributed by atoms with E-state index in [4.69, 9.17) is 0 Å². The fourth-order valence-corrected chi connectivity index (χ4v) is 4.23. The number of anilines is 2. The second-order valence-corrected chi connectivity index (χ2v) is 6.61. The van der Waals surface area contributed by atoms with Gasteiger partial charge in [-0.15, -0.1) is 0 Å². The quantitative estimate of drug-likeness (QED) is 0.795. The Hall–Kier alpha value is -2.80. The van der Waals surface area contributed by atoms with Gasteiger partial charge in [-0.3, -0.25) is 14.7 Å². The Bertz CT molecular complexity index is 843. The zero-order chi connectivity index (χ0) is 17.4. The summed E-state index contributed by atoms with van der Waals surface area (Å²) in [6.07, 6.45) is 0. The first-order valence-electron chi connectivity index (χ1n) is 7.97. The van der Waals surface area contributed by atoms with Crippen LogP contribution in [0.1, 0.15) is 6.92 Å². The van der Waals surface area contributed by atoms with Gasteiger partial charge in [0.05, 0.1) is 11.2 Å². The fourth-order valence-electron chi connectivity index (χ4n) is 3.14. The van der Waals surface area contributed by atoms with E-state index < -0.39 is 4.99 Å². The van der Waals surface area contributed by atoms with Gasteiger partial charge in [0.1, 0.15) is 0 Å². The second kappa shape index (κ2) is 5.93. The van der Waals surface area contributed by atoms with Crippen LogP contribution >= 0.6 is 11.8 Å². The number of carbonyl (C=O) groups excluding carboxylic acids is 2. The van der Waals surface area contributed by atoms with Crippen LogP contribution in [-0.2, 0) is 4.79 Å². The average Bonchev–Trinajstić information content (AvgIpc) is 3.17. The largest absolute Gasteiger partial charge is 0.339 e. The van der Waals surface area contributed by atoms with Gasteiger partial charge in [-0.2, -0.15) is 5.10 Å². The van der Waals surface area contributed by atoms with Crippen molar-refractivity contribution in [2.24, 2.45) is 5.10 Å². The zero-order valence-corrected chi connectivity index (χ0v) is 14.4. The molecule has 0 unspecified atom stereocenters. The SMILES string of the molecule is CCN1N=CS[C@@]12C(=O)N(c1ccccc1)C(=O)N2c1ccccc1. The molecule has 6 nitrogen and oxygen atoms in total. The Balaban J connectivity index is 1.89. The Kier molecular flexibility index (Phi) is 3.73. The average molecular weight is 352 g/mol. The highest BCUT2D eigenvalue weighted by Gasteiger charge is 2.64. The highest BCUT2D eigenvalue weighted by Crippen LogP contribution is 2.46. The molecule has 4 rings (SSSR count). The lowest BCUT2D eigenvalue weighted by Crippen LogP contribution is -2.56. The number of imide groups is 1. The zero-order valence-electron chi connectivity index (χ0n) is 13.6. The number of benzene rings is 2. The van der Waals surface area contributed by atoms with Gasteiger partial charge in [-0.25, -0.2) is 9.69 Å². The minimum atomic E-state index is -1.22. The predicted molar refractivity (Wildman–Crippen MR) is 99.4 cm³/mol. The number of hydrogen-bond acceptors (Lipinski definition) is 5. The van der Waals surface area contributed by atoms with E-state index in [0.717, 1.165) is 0 Å². The van der Waals surface area contributed by atoms with Crippen LogP contribution in [0.15, 0.2) is 65.8 Å². The monoisotopic (exact) mass is 352 g/mol. The first kappa shape index (κ1) is 15.7. The second-order valence-electron chi connectivity index (χ2n) is 5.59. The molecule has 0 N–H and O–H groups in total. The lowest BCUT2D eigenvalue weighted by atomic mass is 10.2. The molecule has 2 aromatic rings. The molecule has 2 heterocycles. The van der Waals surface area contributed by atoms with E-state index >= 15 is 0 Å². The number of nitrogens with zero attached hydrogens (tertiary/aromatic N) is 4. The van der Waals surface area contributed by atoms with Crippen LogP contribution in [0.4, 0.5) is 16.2 Å². The van der Waals surface area contributed by atoms with Crippen LogP contribution < -0.4 is 9.80 Å². The van der Waals surface area contributed by atoms with Crippen molar-refractivity contribution < 1.29 is 9.59 Å². The molecule has 1 atom stereocenters. The minimum Gasteiger partial charge on any atom is -0.268 e. The Morgan fingerprint density at radius 3 is 2.16 bits per heavy atom. The highest BCUT2D eigenvalue weighted by atomic mass is 32.2. The van der Waals surface area contributed by atoms with Crippen LogP contribution in [0.5, 0.6) is 0 Å². The maximum absolute atomic E-state index is 13.4. The summed E-state index contributed by atoms with van der Waals surface area (Å²) < 4.78 is 0. The molecule has 126 valence electrons. The molecule has 0 bridgehead atoms. The van der Waals surface area contributed by atoms with Gasteiger partial charge in [-0.1, -0.05) is 36.4 Å². The molecular weight excluding hydrogens is 336 g/mol. The Morgan fingerprint density at radius 1 is 0.960 bits per heavy atom. The van der Waals surface area contributed by atoms with Crippen molar-refractivity contribution in [3.8, 4) is 0 Å². The summed E-state index contributed by atoms with van der Waals surface area (Å²) in [6, 6.07) is 17.8. The maximum atomic E-state index is 13.4. The van der Waals surface area contributed by atoms with Gasteiger partial charge in [0.25, 0.3) is 10.9 Å². The van der Waals surface area contributed by atoms with Crippen LogP contribution in [0.2, 0.25) is 0 Å². The molecule has 2 aliphatic heterocycles. The molecule has 25 heavy (non-hydrogen) atoms. The number of hydrogen-bond donors (Lipinski definition) is 0. The normalized spacial score (nSPS) is 22.5. The molecule has 0 aromatic heterocycles. The number of urea groups is 1. The predicted octanol–water partition coefficient (Wildman–Crippen LogP) is 3.33. The van der Waals surface area contributed by atoms with Crippen molar-refractivity contribution in [3.63, 3.8) is 0 Å². The summed E-state index contributed by atoms with van der Waals surface area (Å²) >= 11 is 1.25. The first-order valence-corrected chi connectivity index (χ1v) is 8.85. The number of carbonyl (C=O) groups is 2. The van der Waals surface area contributed by atoms with Crippen LogP contribution in [-0.4, -0.2) is 34.0 Å². The van der Waals surface area contributed by atoms with E-state index in [1.165, 1.54) is 21.6 Å². The van der Waals surface area contributed by atoms with Gasteiger partial charge in [0.2, 0.25) is 0 Å². The number of rotatable bonds is 3. The minimum absolute atomic E-state index is 0.308. The van der Waals surface area contributed by atoms with Crippen molar-refractivity contribution in [1.29, 1.82) is 0 Å². The lowest BCUT2D eigenvalue weighted by Gasteiger charge is -2.36. The van der Waals surface area contributed by atoms with Gasteiger partial charge < -0.3 is 0 Å². The number of amides is 3. The summed E-state index contributed by atoms with van der Waals surface area (Å²) in [5.74, 6) is -0.308. The summed E-state index contributed by atoms with van der Waals surface area (Å²) in [4.78, 5) is 28.2. The molecule has 2 aromatic carbocycles. The van der Waals surface area contributed by atoms with Crippen molar-refractivity contribution in [2.75, 3.05) is 16.3 Å². The van der Waals surface area contributed by atoms with Crippen LogP contribution in [0.3, 0.4) is 0 Å². The number of thioether (sulfide) groups is 1. The highest BCUT2D eigenvalue weighted by molar-refractivity contribution is 8.14. The molecule has 0 saturated carbocycles. The number of likely N-dealkylation sites (N-methyl/N-ethyl adjacent to an activating group) is 1. The molecular formula is C18H16N4O2S. The van der Waals surface area contributed by atoms with E-state index in [9.17, 15) is 9.59 Å². The molecule has 0 aliphatic carbocycles. The topological polar surface area (TPSA) is 56.2 Å². The summed E-state index contributed by atoms with van der Waals surface area (Å²) in [5.41, 5.74) is 2.84. The molecule has 1 saturated heterocycles. The van der Waals surface area contributed by atoms with Gasteiger partial charge in [0.15, 0.2) is 0 Å². The summed E-state index contributed by atoms with van der Waals surface area (Å²) in [6.45, 7) is 2.42. The third kappa shape index (κ3) is 2.16. The van der Waals surface area contributed by atoms with E-state index in [1.807, 2.05) is 55.5 Å². The Morgan fingerprint density at radius 2 is 1.56 bits per heavy atom. The molecule has 1 spiro atoms.